The van der Waals surface area contributed by atoms with Crippen molar-refractivity contribution < 1.29 is 9.05 Å². The standard InChI is InChI=1S/C6H10ClO2P/c1-5(2)8-10(7)9-6(3)4/h1,3H2,2,4H3. The molecule has 0 bridgehead atoms. The quantitative estimate of drug-likeness (QED) is 0.487. The number of hydrogen-bond acceptors (Lipinski definition) is 2. The van der Waals surface area contributed by atoms with Gasteiger partial charge in [-0.15, -0.1) is 0 Å². The van der Waals surface area contributed by atoms with Gasteiger partial charge in [-0.05, 0) is 25.1 Å². The van der Waals surface area contributed by atoms with E-state index in [1.54, 1.807) is 13.8 Å². The Labute approximate surface area is 67.2 Å². The van der Waals surface area contributed by atoms with Crippen LogP contribution < -0.4 is 0 Å². The van der Waals surface area contributed by atoms with Gasteiger partial charge in [0.15, 0.2) is 0 Å². The average Bonchev–Trinajstić information content (AvgIpc) is 1.58. The monoisotopic (exact) mass is 180 g/mol. The van der Waals surface area contributed by atoms with Crippen molar-refractivity contribution >= 4 is 19.0 Å². The zero-order valence-electron chi connectivity index (χ0n) is 6.06. The van der Waals surface area contributed by atoms with Crippen molar-refractivity contribution in [1.29, 1.82) is 0 Å². The van der Waals surface area contributed by atoms with Gasteiger partial charge in [0, 0.05) is 0 Å². The molecular weight excluding hydrogens is 170 g/mol. The third kappa shape index (κ3) is 5.93. The second-order valence-electron chi connectivity index (χ2n) is 1.80. The molecule has 0 spiro atoms. The van der Waals surface area contributed by atoms with Crippen molar-refractivity contribution in [2.24, 2.45) is 0 Å². The zero-order valence-corrected chi connectivity index (χ0v) is 7.71. The SMILES string of the molecule is C=C(C)OP(Cl)OC(=C)C. The van der Waals surface area contributed by atoms with Crippen LogP contribution in [0.3, 0.4) is 0 Å². The minimum Gasteiger partial charge on any atom is -0.433 e. The summed E-state index contributed by atoms with van der Waals surface area (Å²) >= 11 is 5.57. The molecule has 4 heteroatoms. The van der Waals surface area contributed by atoms with Crippen LogP contribution in [0.5, 0.6) is 0 Å². The lowest BCUT2D eigenvalue weighted by Crippen LogP contribution is -1.80. The molecule has 0 amide bonds. The molecule has 0 aromatic carbocycles. The summed E-state index contributed by atoms with van der Waals surface area (Å²) in [5.74, 6) is 1.09. The van der Waals surface area contributed by atoms with Gasteiger partial charge in [-0.1, -0.05) is 13.2 Å². The number of rotatable bonds is 4. The van der Waals surface area contributed by atoms with Crippen molar-refractivity contribution in [3.63, 3.8) is 0 Å². The van der Waals surface area contributed by atoms with E-state index in [0.717, 1.165) is 0 Å². The highest BCUT2D eigenvalue weighted by Crippen LogP contribution is 2.47. The summed E-state index contributed by atoms with van der Waals surface area (Å²) in [4.78, 5) is 0. The molecular formula is C6H10ClO2P. The van der Waals surface area contributed by atoms with Crippen LogP contribution in [0, 0.1) is 0 Å². The summed E-state index contributed by atoms with van der Waals surface area (Å²) in [7, 11) is -1.39. The summed E-state index contributed by atoms with van der Waals surface area (Å²) in [6.45, 7) is 10.4. The van der Waals surface area contributed by atoms with Gasteiger partial charge in [-0.25, -0.2) is 0 Å². The molecule has 0 heterocycles. The molecule has 0 N–H and O–H groups in total. The first-order valence-corrected chi connectivity index (χ1v) is 4.73. The van der Waals surface area contributed by atoms with E-state index in [2.05, 4.69) is 13.2 Å². The molecule has 0 aromatic rings. The first kappa shape index (κ1) is 9.80. The summed E-state index contributed by atoms with van der Waals surface area (Å²) in [5, 5.41) is 0. The van der Waals surface area contributed by atoms with Gasteiger partial charge in [-0.3, -0.25) is 0 Å². The Morgan fingerprint density at radius 3 is 1.70 bits per heavy atom. The van der Waals surface area contributed by atoms with E-state index in [1.165, 1.54) is 0 Å². The summed E-state index contributed by atoms with van der Waals surface area (Å²) in [6, 6.07) is 0. The molecule has 10 heavy (non-hydrogen) atoms. The Morgan fingerprint density at radius 1 is 1.20 bits per heavy atom. The molecule has 0 atom stereocenters. The number of allylic oxidation sites excluding steroid dienone is 2. The fourth-order valence-corrected chi connectivity index (χ4v) is 1.50. The molecule has 0 rings (SSSR count). The molecule has 58 valence electrons. The average molecular weight is 181 g/mol. The van der Waals surface area contributed by atoms with Gasteiger partial charge in [0.25, 0.3) is 0 Å². The Kier molecular flexibility index (Phi) is 4.50. The maximum Gasteiger partial charge on any atom is 0.400 e. The van der Waals surface area contributed by atoms with E-state index < -0.39 is 7.73 Å². The van der Waals surface area contributed by atoms with E-state index >= 15 is 0 Å². The summed E-state index contributed by atoms with van der Waals surface area (Å²) < 4.78 is 9.83. The Morgan fingerprint density at radius 2 is 1.50 bits per heavy atom. The van der Waals surface area contributed by atoms with Crippen LogP contribution in [0.4, 0.5) is 0 Å². The van der Waals surface area contributed by atoms with Gasteiger partial charge in [0.1, 0.15) is 0 Å². The molecule has 0 aliphatic carbocycles. The minimum absolute atomic E-state index is 0.544. The molecule has 0 fully saturated rings. The van der Waals surface area contributed by atoms with Crippen LogP contribution in [0.25, 0.3) is 0 Å². The smallest absolute Gasteiger partial charge is 0.400 e. The molecule has 0 unspecified atom stereocenters. The molecule has 0 radical (unpaired) electrons. The van der Waals surface area contributed by atoms with Gasteiger partial charge in [0.05, 0.1) is 11.5 Å². The fraction of sp³-hybridized carbons (Fsp3) is 0.333. The Bertz CT molecular complexity index is 131. The molecule has 0 aliphatic heterocycles. The minimum atomic E-state index is -1.39. The maximum absolute atomic E-state index is 5.57. The van der Waals surface area contributed by atoms with Crippen molar-refractivity contribution in [2.75, 3.05) is 0 Å². The predicted octanol–water partition coefficient (Wildman–Crippen LogP) is 3.55. The van der Waals surface area contributed by atoms with E-state index in [4.69, 9.17) is 20.3 Å². The Hall–Kier alpha value is -0.200. The van der Waals surface area contributed by atoms with Crippen molar-refractivity contribution in [3.8, 4) is 0 Å². The molecule has 0 saturated carbocycles. The third-order valence-electron chi connectivity index (χ3n) is 0.455. The first-order chi connectivity index (χ1) is 4.52. The van der Waals surface area contributed by atoms with E-state index in [-0.39, 0.29) is 0 Å². The van der Waals surface area contributed by atoms with Crippen LogP contribution >= 0.6 is 19.0 Å². The highest BCUT2D eigenvalue weighted by molar-refractivity contribution is 7.76. The van der Waals surface area contributed by atoms with E-state index in [1.807, 2.05) is 0 Å². The molecule has 0 saturated heterocycles. The number of halogens is 1. The van der Waals surface area contributed by atoms with Crippen molar-refractivity contribution in [2.45, 2.75) is 13.8 Å². The largest absolute Gasteiger partial charge is 0.433 e. The van der Waals surface area contributed by atoms with E-state index in [9.17, 15) is 0 Å². The van der Waals surface area contributed by atoms with Gasteiger partial charge < -0.3 is 9.05 Å². The maximum atomic E-state index is 5.57. The van der Waals surface area contributed by atoms with E-state index in [0.29, 0.717) is 11.5 Å². The lowest BCUT2D eigenvalue weighted by molar-refractivity contribution is 0.374. The summed E-state index contributed by atoms with van der Waals surface area (Å²) in [5.41, 5.74) is 0. The lowest BCUT2D eigenvalue weighted by Gasteiger charge is -2.10. The van der Waals surface area contributed by atoms with Crippen molar-refractivity contribution in [3.05, 3.63) is 24.7 Å². The van der Waals surface area contributed by atoms with Gasteiger partial charge >= 0.3 is 7.73 Å². The number of hydrogen-bond donors (Lipinski definition) is 0. The second kappa shape index (κ2) is 4.59. The lowest BCUT2D eigenvalue weighted by atomic mass is 10.7. The highest BCUT2D eigenvalue weighted by atomic mass is 35.7. The predicted molar refractivity (Wildman–Crippen MR) is 44.6 cm³/mol. The normalized spacial score (nSPS) is 9.20. The molecule has 2 nitrogen and oxygen atoms in total. The van der Waals surface area contributed by atoms with Crippen LogP contribution in [0.2, 0.25) is 0 Å². The topological polar surface area (TPSA) is 18.5 Å². The zero-order chi connectivity index (χ0) is 8.15. The van der Waals surface area contributed by atoms with Crippen LogP contribution in [-0.4, -0.2) is 0 Å². The van der Waals surface area contributed by atoms with Gasteiger partial charge in [-0.2, -0.15) is 0 Å². The fourth-order valence-electron chi connectivity index (χ4n) is 0.264. The van der Waals surface area contributed by atoms with Gasteiger partial charge in [0.2, 0.25) is 0 Å². The van der Waals surface area contributed by atoms with Crippen LogP contribution in [0.15, 0.2) is 24.7 Å². The Balaban J connectivity index is 3.53. The van der Waals surface area contributed by atoms with Crippen molar-refractivity contribution in [1.82, 2.24) is 0 Å². The molecule has 0 aromatic heterocycles. The van der Waals surface area contributed by atoms with Crippen LogP contribution in [-0.2, 0) is 9.05 Å². The van der Waals surface area contributed by atoms with Crippen LogP contribution in [0.1, 0.15) is 13.8 Å². The third-order valence-corrected chi connectivity index (χ3v) is 1.78. The second-order valence-corrected chi connectivity index (χ2v) is 3.42. The molecule has 0 aliphatic rings. The summed E-state index contributed by atoms with van der Waals surface area (Å²) in [6.07, 6.45) is 0. The highest BCUT2D eigenvalue weighted by Gasteiger charge is 2.07. The first-order valence-electron chi connectivity index (χ1n) is 2.65.